The lowest BCUT2D eigenvalue weighted by atomic mass is 9.91. The summed E-state index contributed by atoms with van der Waals surface area (Å²) in [6.45, 7) is 95.5. The molecule has 7 saturated heterocycles. The van der Waals surface area contributed by atoms with Crippen molar-refractivity contribution in [3.8, 4) is 0 Å². The molecule has 7 fully saturated rings. The Bertz CT molecular complexity index is 2050. The van der Waals surface area contributed by atoms with Gasteiger partial charge in [0.25, 0.3) is 0 Å². The van der Waals surface area contributed by atoms with Crippen LogP contribution >= 0.6 is 0 Å². The Kier molecular flexibility index (Phi) is 173. The molecule has 8 aliphatic rings. The molecule has 22 nitrogen and oxygen atoms in total. The maximum absolute atomic E-state index is 11.0. The number of carbonyl (C=O) groups excluding carboxylic acids is 12. The second kappa shape index (κ2) is 114. The van der Waals surface area contributed by atoms with Gasteiger partial charge in [0.15, 0.2) is 11.6 Å². The quantitative estimate of drug-likeness (QED) is 0.0613. The molecule has 678 valence electrons. The minimum Gasteiger partial charge on any atom is -0.351 e. The van der Waals surface area contributed by atoms with Gasteiger partial charge in [0, 0.05) is 147 Å². The van der Waals surface area contributed by atoms with Gasteiger partial charge in [-0.05, 0) is 136 Å². The molecule has 8 aliphatic heterocycles. The molecule has 116 heavy (non-hydrogen) atoms. The first-order valence-electron chi connectivity index (χ1n) is 42.2. The number of piperazine rings is 2. The minimum atomic E-state index is -0.741. The lowest BCUT2D eigenvalue weighted by molar-refractivity contribution is -0.137. The van der Waals surface area contributed by atoms with Crippen LogP contribution < -0.4 is 53.2 Å². The third-order valence-corrected chi connectivity index (χ3v) is 12.4. The summed E-state index contributed by atoms with van der Waals surface area (Å²) < 4.78 is 0. The number of hydrogen-bond acceptors (Lipinski definition) is 13. The van der Waals surface area contributed by atoms with E-state index in [4.69, 9.17) is 0 Å². The number of ketones is 3. The number of nitrogens with one attached hydrogen (secondary N) is 10. The molecule has 30 heteroatoms. The second-order valence-corrected chi connectivity index (χ2v) is 24.9. The van der Waals surface area contributed by atoms with Gasteiger partial charge in [-0.1, -0.05) is 234 Å². The molecular weight excluding hydrogens is 1450 g/mol. The Balaban J connectivity index is -0.0000000357. The number of rotatable bonds is 0. The van der Waals surface area contributed by atoms with Crippen molar-refractivity contribution in [1.29, 1.82) is 0 Å². The summed E-state index contributed by atoms with van der Waals surface area (Å²) in [4.78, 5) is 130. The van der Waals surface area contributed by atoms with Crippen molar-refractivity contribution in [2.24, 2.45) is 0 Å². The highest BCUT2D eigenvalue weighted by atomic mass is 16.2. The average molecular weight is 1640 g/mol. The van der Waals surface area contributed by atoms with Crippen molar-refractivity contribution in [3.63, 3.8) is 0 Å². The molecule has 0 aromatic heterocycles. The highest BCUT2D eigenvalue weighted by Crippen LogP contribution is 2.20. The van der Waals surface area contributed by atoms with E-state index in [0.29, 0.717) is 57.9 Å². The Morgan fingerprint density at radius 3 is 0.716 bits per heavy atom. The van der Waals surface area contributed by atoms with Crippen LogP contribution in [0.25, 0.3) is 0 Å². The summed E-state index contributed by atoms with van der Waals surface area (Å²) >= 11 is 0. The van der Waals surface area contributed by atoms with E-state index in [1.807, 2.05) is 275 Å². The van der Waals surface area contributed by atoms with E-state index in [9.17, 15) is 57.5 Å². The first kappa shape index (κ1) is 177. The van der Waals surface area contributed by atoms with E-state index in [2.05, 4.69) is 80.9 Å². The van der Waals surface area contributed by atoms with E-state index < -0.39 is 16.6 Å². The van der Waals surface area contributed by atoms with Crippen molar-refractivity contribution >= 4 is 138 Å². The van der Waals surface area contributed by atoms with E-state index in [-0.39, 0.29) is 178 Å². The first-order chi connectivity index (χ1) is 50.5. The summed E-state index contributed by atoms with van der Waals surface area (Å²) in [6.07, 6.45) is 12.2. The second-order valence-electron chi connectivity index (χ2n) is 24.9. The van der Waals surface area contributed by atoms with Crippen molar-refractivity contribution in [1.82, 2.24) is 53.2 Å². The Morgan fingerprint density at radius 1 is 0.267 bits per heavy atom. The van der Waals surface area contributed by atoms with Crippen LogP contribution in [0.5, 0.6) is 0 Å². The van der Waals surface area contributed by atoms with Crippen molar-refractivity contribution < 1.29 is 57.5 Å². The maximum Gasteiger partial charge on any atom is 0.245 e. The standard InChI is InChI=1S/3C7H11NO2.2C7H13NO.C7H11NO.C6H10N2O2.C6H12N2O.16C2H6.8B/c1-7(2)4-5(9)3-6(10)8-7;2*1-7(2)5(9)3-4-6(10)8-7;3*1-7(2)5-3-4-6(9)8-7;1-6(2)5(10)7-3-4(9)8-6;1-6(2)4-7-3-5(9)8-6;16*1-2;;;;;;;;/h3*3-4H2,1-2H3,(H,8,10);2*3-5H2,1-2H3,(H,8,9);3,5H,4H2,1-2H3,(H,8,9);3H2,1-2H3,(H,7,10)(H,8,9);7H,3-4H2,1-2H3,(H,8,9);16*1-2H3;;;;;;;;. The predicted octanol–water partition coefficient (Wildman–Crippen LogP) is 15.6. The third kappa shape index (κ3) is 115. The molecular formula is C86H188B8N10O12. The number of hydrogen-bond donors (Lipinski definition) is 10. The van der Waals surface area contributed by atoms with Gasteiger partial charge in [-0.3, -0.25) is 57.5 Å². The zero-order valence-electron chi connectivity index (χ0n) is 85.0. The van der Waals surface area contributed by atoms with Gasteiger partial charge in [-0.2, -0.15) is 0 Å². The van der Waals surface area contributed by atoms with E-state index in [1.165, 1.54) is 0 Å². The van der Waals surface area contributed by atoms with Gasteiger partial charge in [0.2, 0.25) is 53.2 Å². The molecule has 8 rings (SSSR count). The van der Waals surface area contributed by atoms with Gasteiger partial charge in [0.05, 0.1) is 36.1 Å². The third-order valence-electron chi connectivity index (χ3n) is 12.4. The van der Waals surface area contributed by atoms with Crippen LogP contribution in [0, 0.1) is 0 Å². The number of piperidine rings is 5. The SMILES string of the molecule is CC.CC.CC.CC.CC.CC.CC.CC.CC.CC.CC.CC.CC.CC.CC.CC.CC1(C)C=CCC(=O)N1.CC1(C)CC(=O)CC(=O)N1.CC1(C)CCCC(=O)N1.CC1(C)CCCC(=O)N1.CC1(C)CNCC(=O)N1.CC1(C)NC(=O)CCC1=O.CC1(C)NC(=O)CCC1=O.CC1(C)NC(=O)CNC1=O.[B].[B].[B].[B].[B].[B].[B].[B]. The van der Waals surface area contributed by atoms with E-state index in [0.717, 1.165) is 32.2 Å². The van der Waals surface area contributed by atoms with Crippen molar-refractivity contribution in [2.45, 2.75) is 460 Å². The highest BCUT2D eigenvalue weighted by Gasteiger charge is 2.36. The summed E-state index contributed by atoms with van der Waals surface area (Å²) in [5.74, 6) is 0.409. The average Bonchev–Trinajstić information content (AvgIpc) is 0.820. The van der Waals surface area contributed by atoms with Gasteiger partial charge in [-0.15, -0.1) is 0 Å². The molecule has 0 aliphatic carbocycles. The van der Waals surface area contributed by atoms with Crippen LogP contribution in [-0.2, 0) is 57.5 Å². The van der Waals surface area contributed by atoms with Crippen LogP contribution in [0.3, 0.4) is 0 Å². The zero-order chi connectivity index (χ0) is 90.7. The summed E-state index contributed by atoms with van der Waals surface area (Å²) in [6, 6.07) is 0. The highest BCUT2D eigenvalue weighted by molar-refractivity contribution is 6.01. The fraction of sp³-hybridized carbons (Fsp3) is 0.837. The molecule has 8 heterocycles. The van der Waals surface area contributed by atoms with Gasteiger partial charge >= 0.3 is 0 Å². The topological polar surface area (TPSA) is 325 Å². The van der Waals surface area contributed by atoms with Crippen LogP contribution in [-0.4, -0.2) is 202 Å². The van der Waals surface area contributed by atoms with Crippen molar-refractivity contribution in [3.05, 3.63) is 12.2 Å². The fourth-order valence-corrected chi connectivity index (χ4v) is 8.33. The Hall–Kier alpha value is -5.54. The number of carbonyl (C=O) groups is 12. The lowest BCUT2D eigenvalue weighted by Gasteiger charge is -2.30. The zero-order valence-corrected chi connectivity index (χ0v) is 85.0. The normalized spacial score (nSPS) is 16.8. The van der Waals surface area contributed by atoms with Gasteiger partial charge in [0.1, 0.15) is 11.3 Å². The maximum atomic E-state index is 11.0. The van der Waals surface area contributed by atoms with Crippen LogP contribution in [0.15, 0.2) is 12.2 Å². The van der Waals surface area contributed by atoms with Crippen molar-refractivity contribution in [2.75, 3.05) is 19.6 Å². The monoisotopic (exact) mass is 1640 g/mol. The van der Waals surface area contributed by atoms with Crippen LogP contribution in [0.1, 0.15) is 416 Å². The molecule has 0 atom stereocenters. The lowest BCUT2D eigenvalue weighted by Crippen LogP contribution is -2.62. The number of amides is 9. The molecule has 0 aromatic carbocycles. The number of Topliss-reactive ketones (excluding diaryl/α,β-unsaturated/α-hetero) is 3. The largest absolute Gasteiger partial charge is 0.351 e. The van der Waals surface area contributed by atoms with Gasteiger partial charge in [-0.25, -0.2) is 0 Å². The molecule has 0 spiro atoms. The molecule has 0 unspecified atom stereocenters. The first-order valence-corrected chi connectivity index (χ1v) is 42.2. The molecule has 0 aromatic rings. The predicted molar refractivity (Wildman–Crippen MR) is 515 cm³/mol. The molecule has 10 N–H and O–H groups in total. The smallest absolute Gasteiger partial charge is 0.245 e. The van der Waals surface area contributed by atoms with Gasteiger partial charge < -0.3 is 53.2 Å². The molecule has 0 bridgehead atoms. The van der Waals surface area contributed by atoms with Crippen LogP contribution in [0.4, 0.5) is 0 Å². The van der Waals surface area contributed by atoms with Crippen LogP contribution in [0.2, 0.25) is 0 Å². The molecule has 0 saturated carbocycles. The molecule has 24 radical (unpaired) electrons. The summed E-state index contributed by atoms with van der Waals surface area (Å²) in [5.41, 5.74) is -2.41. The summed E-state index contributed by atoms with van der Waals surface area (Å²) in [5, 5.41) is 27.5. The fourth-order valence-electron chi connectivity index (χ4n) is 8.33. The summed E-state index contributed by atoms with van der Waals surface area (Å²) in [7, 11) is 0. The van der Waals surface area contributed by atoms with E-state index >= 15 is 0 Å². The Morgan fingerprint density at radius 2 is 0.534 bits per heavy atom. The minimum absolute atomic E-state index is 0. The molecule has 9 amide bonds. The Labute approximate surface area is 736 Å². The van der Waals surface area contributed by atoms with E-state index in [1.54, 1.807) is 41.5 Å².